The average molecular weight is 451 g/mol. The van der Waals surface area contributed by atoms with Gasteiger partial charge in [0.05, 0.1) is 16.9 Å². The third-order valence-corrected chi connectivity index (χ3v) is 6.84. The predicted molar refractivity (Wildman–Crippen MR) is 121 cm³/mol. The molecular formula is C23H16ClFN4OS. The number of nitrogens with one attached hydrogen (secondary N) is 1. The second-order valence-corrected chi connectivity index (χ2v) is 8.92. The first kappa shape index (κ1) is 18.6. The molecule has 0 saturated carbocycles. The highest BCUT2D eigenvalue weighted by molar-refractivity contribution is 7.15. The number of nitrogens with zero attached hydrogens (tertiary/aromatic N) is 3. The SMILES string of the molecule is O=C1C[C@H](c2c(Cl)nc3sccn23)c2cn(Cc3cccc(F)c3)c3cccc(c23)N1. The Morgan fingerprint density at radius 3 is 3.00 bits per heavy atom. The minimum absolute atomic E-state index is 0.0633. The van der Waals surface area contributed by atoms with Gasteiger partial charge in [0.2, 0.25) is 5.91 Å². The summed E-state index contributed by atoms with van der Waals surface area (Å²) in [5.74, 6) is -0.573. The van der Waals surface area contributed by atoms with E-state index in [1.54, 1.807) is 12.1 Å². The largest absolute Gasteiger partial charge is 0.343 e. The molecule has 1 N–H and O–H groups in total. The molecule has 2 aromatic carbocycles. The number of amides is 1. The van der Waals surface area contributed by atoms with E-state index in [0.29, 0.717) is 11.7 Å². The van der Waals surface area contributed by atoms with E-state index in [0.717, 1.165) is 38.4 Å². The lowest BCUT2D eigenvalue weighted by Crippen LogP contribution is -2.15. The number of aromatic nitrogens is 3. The topological polar surface area (TPSA) is 51.3 Å². The van der Waals surface area contributed by atoms with Crippen molar-refractivity contribution in [3.05, 3.63) is 88.0 Å². The molecule has 0 unspecified atom stereocenters. The van der Waals surface area contributed by atoms with Gasteiger partial charge in [-0.05, 0) is 35.4 Å². The molecule has 5 nitrogen and oxygen atoms in total. The van der Waals surface area contributed by atoms with Crippen LogP contribution >= 0.6 is 22.9 Å². The van der Waals surface area contributed by atoms with Gasteiger partial charge in [0.1, 0.15) is 5.82 Å². The maximum Gasteiger partial charge on any atom is 0.225 e. The van der Waals surface area contributed by atoms with E-state index in [1.165, 1.54) is 17.4 Å². The summed E-state index contributed by atoms with van der Waals surface area (Å²) in [5, 5.41) is 6.39. The number of carbonyl (C=O) groups is 1. The molecule has 1 amide bonds. The van der Waals surface area contributed by atoms with Gasteiger partial charge in [0.25, 0.3) is 0 Å². The van der Waals surface area contributed by atoms with Gasteiger partial charge in [-0.25, -0.2) is 9.37 Å². The van der Waals surface area contributed by atoms with Crippen LogP contribution in [-0.2, 0) is 11.3 Å². The van der Waals surface area contributed by atoms with Gasteiger partial charge in [0.15, 0.2) is 10.1 Å². The first-order chi connectivity index (χ1) is 15.1. The zero-order valence-electron chi connectivity index (χ0n) is 16.2. The number of benzene rings is 2. The van der Waals surface area contributed by atoms with Gasteiger partial charge in [0, 0.05) is 42.0 Å². The quantitative estimate of drug-likeness (QED) is 0.385. The maximum atomic E-state index is 13.8. The van der Waals surface area contributed by atoms with E-state index < -0.39 is 0 Å². The summed E-state index contributed by atoms with van der Waals surface area (Å²) in [7, 11) is 0. The number of anilines is 1. The predicted octanol–water partition coefficient (Wildman–Crippen LogP) is 5.67. The fourth-order valence-electron chi connectivity index (χ4n) is 4.55. The number of imidazole rings is 1. The number of hydrogen-bond acceptors (Lipinski definition) is 3. The summed E-state index contributed by atoms with van der Waals surface area (Å²) in [6.45, 7) is 0.520. The monoisotopic (exact) mass is 450 g/mol. The van der Waals surface area contributed by atoms with E-state index in [1.807, 2.05) is 40.2 Å². The fourth-order valence-corrected chi connectivity index (χ4v) is 5.62. The minimum Gasteiger partial charge on any atom is -0.343 e. The number of thiazole rings is 1. The molecule has 3 aromatic heterocycles. The molecule has 0 bridgehead atoms. The molecule has 154 valence electrons. The molecule has 0 fully saturated rings. The van der Waals surface area contributed by atoms with Crippen molar-refractivity contribution in [3.8, 4) is 0 Å². The Kier molecular flexibility index (Phi) is 4.16. The Morgan fingerprint density at radius 2 is 2.13 bits per heavy atom. The molecule has 1 aliphatic rings. The van der Waals surface area contributed by atoms with Crippen LogP contribution < -0.4 is 5.32 Å². The van der Waals surface area contributed by atoms with Crippen LogP contribution in [0.25, 0.3) is 15.9 Å². The number of halogens is 2. The van der Waals surface area contributed by atoms with Crippen LogP contribution in [0, 0.1) is 5.82 Å². The summed E-state index contributed by atoms with van der Waals surface area (Å²) in [5.41, 5.74) is 4.45. The average Bonchev–Trinajstić information content (AvgIpc) is 3.38. The number of rotatable bonds is 3. The zero-order valence-corrected chi connectivity index (χ0v) is 17.8. The van der Waals surface area contributed by atoms with Gasteiger partial charge in [-0.3, -0.25) is 9.20 Å². The molecule has 5 aromatic rings. The van der Waals surface area contributed by atoms with Crippen LogP contribution in [0.1, 0.15) is 29.2 Å². The highest BCUT2D eigenvalue weighted by Crippen LogP contribution is 2.43. The van der Waals surface area contributed by atoms with E-state index >= 15 is 0 Å². The summed E-state index contributed by atoms with van der Waals surface area (Å²) < 4.78 is 17.8. The molecule has 1 aliphatic heterocycles. The van der Waals surface area contributed by atoms with Crippen molar-refractivity contribution < 1.29 is 9.18 Å². The Hall–Kier alpha value is -3.16. The summed E-state index contributed by atoms with van der Waals surface area (Å²) in [4.78, 5) is 18.0. The van der Waals surface area contributed by atoms with Crippen molar-refractivity contribution in [2.45, 2.75) is 18.9 Å². The van der Waals surface area contributed by atoms with E-state index in [2.05, 4.69) is 21.1 Å². The van der Waals surface area contributed by atoms with Crippen LogP contribution in [0.5, 0.6) is 0 Å². The summed E-state index contributed by atoms with van der Waals surface area (Å²) >= 11 is 8.06. The van der Waals surface area contributed by atoms with Crippen molar-refractivity contribution >= 4 is 50.4 Å². The Bertz CT molecular complexity index is 1480. The Morgan fingerprint density at radius 1 is 1.26 bits per heavy atom. The lowest BCUT2D eigenvalue weighted by Gasteiger charge is -2.14. The second-order valence-electron chi connectivity index (χ2n) is 7.69. The third kappa shape index (κ3) is 2.96. The minimum atomic E-state index is -0.257. The molecule has 0 saturated heterocycles. The van der Waals surface area contributed by atoms with E-state index in [9.17, 15) is 9.18 Å². The van der Waals surface area contributed by atoms with E-state index in [-0.39, 0.29) is 24.1 Å². The lowest BCUT2D eigenvalue weighted by atomic mass is 9.93. The standard InChI is InChI=1S/C23H16ClFN4OS/c24-22-21(29-7-8-31-23(29)27-22)15-10-19(30)26-17-5-2-6-18-20(17)16(15)12-28(18)11-13-3-1-4-14(25)9-13/h1-9,12,15H,10-11H2,(H,26,30)/t15-/m0/s1. The van der Waals surface area contributed by atoms with Crippen LogP contribution in [0.3, 0.4) is 0 Å². The number of carbonyl (C=O) groups excluding carboxylic acids is 1. The first-order valence-corrected chi connectivity index (χ1v) is 11.1. The van der Waals surface area contributed by atoms with Crippen LogP contribution in [0.2, 0.25) is 5.15 Å². The van der Waals surface area contributed by atoms with Gasteiger partial charge >= 0.3 is 0 Å². The fraction of sp³-hybridized carbons (Fsp3) is 0.130. The molecule has 0 radical (unpaired) electrons. The van der Waals surface area contributed by atoms with Crippen molar-refractivity contribution in [2.24, 2.45) is 0 Å². The molecule has 6 rings (SSSR count). The highest BCUT2D eigenvalue weighted by atomic mass is 35.5. The molecule has 0 aliphatic carbocycles. The molecular weight excluding hydrogens is 435 g/mol. The Labute approximate surface area is 185 Å². The molecule has 8 heteroatoms. The number of hydrogen-bond donors (Lipinski definition) is 1. The Balaban J connectivity index is 1.58. The third-order valence-electron chi connectivity index (χ3n) is 5.80. The van der Waals surface area contributed by atoms with Gasteiger partial charge in [-0.15, -0.1) is 11.3 Å². The maximum absolute atomic E-state index is 13.8. The lowest BCUT2D eigenvalue weighted by molar-refractivity contribution is -0.116. The summed E-state index contributed by atoms with van der Waals surface area (Å²) in [6.07, 6.45) is 4.26. The van der Waals surface area contributed by atoms with Gasteiger partial charge < -0.3 is 9.88 Å². The van der Waals surface area contributed by atoms with Crippen LogP contribution in [0.4, 0.5) is 10.1 Å². The van der Waals surface area contributed by atoms with Gasteiger partial charge in [-0.1, -0.05) is 29.8 Å². The molecule has 1 atom stereocenters. The van der Waals surface area contributed by atoms with E-state index in [4.69, 9.17) is 11.6 Å². The first-order valence-electron chi connectivity index (χ1n) is 9.85. The van der Waals surface area contributed by atoms with Crippen LogP contribution in [0.15, 0.2) is 60.2 Å². The van der Waals surface area contributed by atoms with Crippen molar-refractivity contribution in [3.63, 3.8) is 0 Å². The van der Waals surface area contributed by atoms with Crippen molar-refractivity contribution in [2.75, 3.05) is 5.32 Å². The summed E-state index contributed by atoms with van der Waals surface area (Å²) in [6, 6.07) is 12.5. The van der Waals surface area contributed by atoms with Crippen LogP contribution in [-0.4, -0.2) is 19.9 Å². The zero-order chi connectivity index (χ0) is 21.1. The smallest absolute Gasteiger partial charge is 0.225 e. The van der Waals surface area contributed by atoms with Crippen molar-refractivity contribution in [1.82, 2.24) is 14.0 Å². The molecule has 0 spiro atoms. The van der Waals surface area contributed by atoms with Gasteiger partial charge in [-0.2, -0.15) is 0 Å². The second kappa shape index (κ2) is 6.93. The number of fused-ring (bicyclic) bond motifs is 1. The molecule has 31 heavy (non-hydrogen) atoms. The highest BCUT2D eigenvalue weighted by Gasteiger charge is 2.32. The molecule has 4 heterocycles. The van der Waals surface area contributed by atoms with Crippen molar-refractivity contribution in [1.29, 1.82) is 0 Å². The normalized spacial score (nSPS) is 16.1.